The highest BCUT2D eigenvalue weighted by Crippen LogP contribution is 1.98. The quantitative estimate of drug-likeness (QED) is 0.569. The lowest BCUT2D eigenvalue weighted by molar-refractivity contribution is 0.0488. The Morgan fingerprint density at radius 3 is 2.27 bits per heavy atom. The number of likely N-dealkylation sites (N-methyl/N-ethyl adjacent to an activating group) is 1. The molecule has 0 radical (unpaired) electrons. The first-order chi connectivity index (χ1) is 5.20. The van der Waals surface area contributed by atoms with Crippen LogP contribution in [0.2, 0.25) is 0 Å². The minimum Gasteiger partial charge on any atom is -0.385 e. The first kappa shape index (κ1) is 10.9. The van der Waals surface area contributed by atoms with Crippen LogP contribution < -0.4 is 0 Å². The molecule has 0 aromatic heterocycles. The van der Waals surface area contributed by atoms with Crippen molar-refractivity contribution >= 4 is 0 Å². The van der Waals surface area contributed by atoms with Crippen molar-refractivity contribution in [3.05, 3.63) is 0 Å². The number of hydrogen-bond acceptors (Lipinski definition) is 3. The zero-order valence-corrected chi connectivity index (χ0v) is 7.96. The van der Waals surface area contributed by atoms with Gasteiger partial charge in [0.15, 0.2) is 0 Å². The number of ether oxygens (including phenoxy) is 2. The van der Waals surface area contributed by atoms with Crippen molar-refractivity contribution in [2.24, 2.45) is 0 Å². The lowest BCUT2D eigenvalue weighted by Crippen LogP contribution is -2.28. The van der Waals surface area contributed by atoms with Gasteiger partial charge in [-0.15, -0.1) is 0 Å². The van der Waals surface area contributed by atoms with Crippen LogP contribution in [0.25, 0.3) is 0 Å². The van der Waals surface area contributed by atoms with Crippen LogP contribution >= 0.6 is 0 Å². The third kappa shape index (κ3) is 6.28. The second kappa shape index (κ2) is 6.58. The van der Waals surface area contributed by atoms with Crippen molar-refractivity contribution in [3.63, 3.8) is 0 Å². The molecule has 0 aromatic rings. The first-order valence-corrected chi connectivity index (χ1v) is 3.87. The summed E-state index contributed by atoms with van der Waals surface area (Å²) in [4.78, 5) is 2.11. The Labute approximate surface area is 69.3 Å². The third-order valence-electron chi connectivity index (χ3n) is 1.55. The zero-order chi connectivity index (χ0) is 8.69. The van der Waals surface area contributed by atoms with Gasteiger partial charge in [-0.2, -0.15) is 0 Å². The van der Waals surface area contributed by atoms with Gasteiger partial charge in [-0.3, -0.25) is 0 Å². The molecule has 0 bridgehead atoms. The molecule has 3 heteroatoms. The summed E-state index contributed by atoms with van der Waals surface area (Å²) in [5, 5.41) is 0. The predicted molar refractivity (Wildman–Crippen MR) is 45.8 cm³/mol. The topological polar surface area (TPSA) is 21.7 Å². The molecule has 1 unspecified atom stereocenters. The van der Waals surface area contributed by atoms with Gasteiger partial charge < -0.3 is 14.4 Å². The molecule has 11 heavy (non-hydrogen) atoms. The second-order valence-corrected chi connectivity index (χ2v) is 2.90. The van der Waals surface area contributed by atoms with Gasteiger partial charge in [0.1, 0.15) is 0 Å². The summed E-state index contributed by atoms with van der Waals surface area (Å²) in [6, 6.07) is 0. The van der Waals surface area contributed by atoms with Crippen LogP contribution in [0, 0.1) is 0 Å². The van der Waals surface area contributed by atoms with Crippen molar-refractivity contribution in [2.75, 3.05) is 41.5 Å². The SMILES string of the molecule is COCCC(CN(C)C)OC. The van der Waals surface area contributed by atoms with Gasteiger partial charge >= 0.3 is 0 Å². The van der Waals surface area contributed by atoms with Gasteiger partial charge in [0.25, 0.3) is 0 Å². The van der Waals surface area contributed by atoms with Crippen molar-refractivity contribution < 1.29 is 9.47 Å². The summed E-state index contributed by atoms with van der Waals surface area (Å²) in [5.74, 6) is 0. The van der Waals surface area contributed by atoms with Crippen molar-refractivity contribution in [3.8, 4) is 0 Å². The van der Waals surface area contributed by atoms with E-state index >= 15 is 0 Å². The Kier molecular flexibility index (Phi) is 6.51. The van der Waals surface area contributed by atoms with E-state index in [0.717, 1.165) is 19.6 Å². The molecule has 0 spiro atoms. The summed E-state index contributed by atoms with van der Waals surface area (Å²) in [5.41, 5.74) is 0. The average molecular weight is 161 g/mol. The normalized spacial score (nSPS) is 13.9. The summed E-state index contributed by atoms with van der Waals surface area (Å²) >= 11 is 0. The predicted octanol–water partition coefficient (Wildman–Crippen LogP) is 0.599. The van der Waals surface area contributed by atoms with Gasteiger partial charge in [-0.05, 0) is 20.5 Å². The van der Waals surface area contributed by atoms with E-state index in [0.29, 0.717) is 6.10 Å². The fourth-order valence-electron chi connectivity index (χ4n) is 0.940. The molecule has 0 aliphatic rings. The number of nitrogens with zero attached hydrogens (tertiary/aromatic N) is 1. The van der Waals surface area contributed by atoms with Crippen LogP contribution in [0.15, 0.2) is 0 Å². The maximum Gasteiger partial charge on any atom is 0.0719 e. The van der Waals surface area contributed by atoms with E-state index in [9.17, 15) is 0 Å². The molecule has 0 N–H and O–H groups in total. The monoisotopic (exact) mass is 161 g/mol. The fourth-order valence-corrected chi connectivity index (χ4v) is 0.940. The van der Waals surface area contributed by atoms with Crippen LogP contribution in [0.3, 0.4) is 0 Å². The minimum atomic E-state index is 0.296. The Hall–Kier alpha value is -0.120. The van der Waals surface area contributed by atoms with Crippen LogP contribution in [0.4, 0.5) is 0 Å². The van der Waals surface area contributed by atoms with Gasteiger partial charge in [0, 0.05) is 27.4 Å². The van der Waals surface area contributed by atoms with Crippen LogP contribution in [0.5, 0.6) is 0 Å². The fraction of sp³-hybridized carbons (Fsp3) is 1.00. The molecule has 0 amide bonds. The average Bonchev–Trinajstić information content (AvgIpc) is 1.97. The molecule has 0 aliphatic heterocycles. The van der Waals surface area contributed by atoms with Gasteiger partial charge in [-0.25, -0.2) is 0 Å². The molecule has 0 heterocycles. The van der Waals surface area contributed by atoms with E-state index in [4.69, 9.17) is 9.47 Å². The van der Waals surface area contributed by atoms with E-state index in [1.807, 2.05) is 14.1 Å². The summed E-state index contributed by atoms with van der Waals surface area (Å²) in [6.45, 7) is 1.73. The maximum atomic E-state index is 5.24. The first-order valence-electron chi connectivity index (χ1n) is 3.87. The van der Waals surface area contributed by atoms with Crippen LogP contribution in [0.1, 0.15) is 6.42 Å². The van der Waals surface area contributed by atoms with Crippen molar-refractivity contribution in [1.82, 2.24) is 4.90 Å². The lowest BCUT2D eigenvalue weighted by Gasteiger charge is -2.18. The minimum absolute atomic E-state index is 0.296. The zero-order valence-electron chi connectivity index (χ0n) is 7.96. The largest absolute Gasteiger partial charge is 0.385 e. The number of methoxy groups -OCH3 is 2. The Morgan fingerprint density at radius 2 is 1.91 bits per heavy atom. The summed E-state index contributed by atoms with van der Waals surface area (Å²) in [6.07, 6.45) is 1.26. The Bertz CT molecular complexity index is 86.2. The molecular formula is C8H19NO2. The van der Waals surface area contributed by atoms with Gasteiger partial charge in [0.2, 0.25) is 0 Å². The van der Waals surface area contributed by atoms with Gasteiger partial charge in [-0.1, -0.05) is 0 Å². The molecular weight excluding hydrogens is 142 g/mol. The highest BCUT2D eigenvalue weighted by atomic mass is 16.5. The molecule has 0 fully saturated rings. The second-order valence-electron chi connectivity index (χ2n) is 2.90. The highest BCUT2D eigenvalue weighted by Gasteiger charge is 2.06. The Balaban J connectivity index is 3.41. The molecule has 3 nitrogen and oxygen atoms in total. The van der Waals surface area contributed by atoms with Crippen LogP contribution in [-0.4, -0.2) is 52.5 Å². The lowest BCUT2D eigenvalue weighted by atomic mass is 10.2. The molecule has 0 aromatic carbocycles. The third-order valence-corrected chi connectivity index (χ3v) is 1.55. The van der Waals surface area contributed by atoms with Crippen molar-refractivity contribution in [2.45, 2.75) is 12.5 Å². The van der Waals surface area contributed by atoms with E-state index in [1.54, 1.807) is 14.2 Å². The molecule has 0 aliphatic carbocycles. The Morgan fingerprint density at radius 1 is 1.27 bits per heavy atom. The van der Waals surface area contributed by atoms with Crippen molar-refractivity contribution in [1.29, 1.82) is 0 Å². The highest BCUT2D eigenvalue weighted by molar-refractivity contribution is 4.59. The van der Waals surface area contributed by atoms with E-state index in [-0.39, 0.29) is 0 Å². The smallest absolute Gasteiger partial charge is 0.0719 e. The molecule has 1 atom stereocenters. The number of rotatable bonds is 6. The van der Waals surface area contributed by atoms with E-state index < -0.39 is 0 Å². The maximum absolute atomic E-state index is 5.24. The number of hydrogen-bond donors (Lipinski definition) is 0. The van der Waals surface area contributed by atoms with Crippen LogP contribution in [-0.2, 0) is 9.47 Å². The molecule has 0 saturated heterocycles. The van der Waals surface area contributed by atoms with E-state index in [1.165, 1.54) is 0 Å². The van der Waals surface area contributed by atoms with E-state index in [2.05, 4.69) is 4.90 Å². The standard InChI is InChI=1S/C8H19NO2/c1-9(2)7-8(11-4)5-6-10-3/h8H,5-7H2,1-4H3. The molecule has 68 valence electrons. The van der Waals surface area contributed by atoms with Gasteiger partial charge in [0.05, 0.1) is 6.10 Å². The molecule has 0 rings (SSSR count). The summed E-state index contributed by atoms with van der Waals surface area (Å²) < 4.78 is 10.2. The molecule has 0 saturated carbocycles. The summed E-state index contributed by atoms with van der Waals surface area (Å²) in [7, 11) is 7.53.